The molecule has 3 fully saturated rings. The minimum absolute atomic E-state index is 0.0417. The maximum Gasteiger partial charge on any atom is 0.451 e. The van der Waals surface area contributed by atoms with Gasteiger partial charge in [0.15, 0.2) is 0 Å². The molecule has 7 nitrogen and oxygen atoms in total. The van der Waals surface area contributed by atoms with Gasteiger partial charge in [0.2, 0.25) is 15.8 Å². The Hall–Kier alpha value is -1.30. The summed E-state index contributed by atoms with van der Waals surface area (Å²) in [6.45, 7) is 6.56. The SMILES string of the molecule is Cc1nc(C(F)(F)F)nc(C)c1S(=O)(=O)N1CC2(CN(C3CCOCC3)C2)C1. The molecule has 1 aromatic heterocycles. The number of aromatic nitrogens is 2. The number of nitrogens with zero attached hydrogens (tertiary/aromatic N) is 4. The molecule has 156 valence electrons. The van der Waals surface area contributed by atoms with Gasteiger partial charge in [0.05, 0.1) is 11.4 Å². The van der Waals surface area contributed by atoms with Crippen molar-refractivity contribution in [3.63, 3.8) is 0 Å². The van der Waals surface area contributed by atoms with Crippen molar-refractivity contribution >= 4 is 10.0 Å². The highest BCUT2D eigenvalue weighted by Gasteiger charge is 2.56. The Morgan fingerprint density at radius 3 is 2.07 bits per heavy atom. The molecule has 0 atom stereocenters. The van der Waals surface area contributed by atoms with E-state index in [4.69, 9.17) is 4.74 Å². The van der Waals surface area contributed by atoms with Crippen LogP contribution >= 0.6 is 0 Å². The van der Waals surface area contributed by atoms with Gasteiger partial charge in [-0.3, -0.25) is 4.90 Å². The third-order valence-corrected chi connectivity index (χ3v) is 7.91. The van der Waals surface area contributed by atoms with Gasteiger partial charge in [-0.25, -0.2) is 18.4 Å². The van der Waals surface area contributed by atoms with E-state index >= 15 is 0 Å². The first-order valence-corrected chi connectivity index (χ1v) is 10.7. The number of rotatable bonds is 3. The maximum absolute atomic E-state index is 13.0. The van der Waals surface area contributed by atoms with Crippen LogP contribution in [0.2, 0.25) is 0 Å². The lowest BCUT2D eigenvalue weighted by Gasteiger charge is -2.61. The normalized spacial score (nSPS) is 24.2. The van der Waals surface area contributed by atoms with Gasteiger partial charge in [0, 0.05) is 50.8 Å². The summed E-state index contributed by atoms with van der Waals surface area (Å²) in [4.78, 5) is 8.96. The number of alkyl halides is 3. The van der Waals surface area contributed by atoms with E-state index in [-0.39, 0.29) is 21.7 Å². The molecule has 0 bridgehead atoms. The topological polar surface area (TPSA) is 75.6 Å². The molecular weight excluding hydrogens is 397 g/mol. The summed E-state index contributed by atoms with van der Waals surface area (Å²) in [5, 5.41) is 0. The molecule has 4 rings (SSSR count). The van der Waals surface area contributed by atoms with Crippen molar-refractivity contribution in [1.29, 1.82) is 0 Å². The fourth-order valence-electron chi connectivity index (χ4n) is 4.53. The number of hydrogen-bond donors (Lipinski definition) is 0. The number of hydrogen-bond acceptors (Lipinski definition) is 6. The van der Waals surface area contributed by atoms with Gasteiger partial charge in [0.1, 0.15) is 4.90 Å². The van der Waals surface area contributed by atoms with Crippen molar-refractivity contribution in [2.24, 2.45) is 5.41 Å². The fourth-order valence-corrected chi connectivity index (χ4v) is 6.51. The predicted molar refractivity (Wildman–Crippen MR) is 93.1 cm³/mol. The first-order valence-electron chi connectivity index (χ1n) is 9.26. The molecule has 1 aromatic rings. The maximum atomic E-state index is 13.0. The third-order valence-electron chi connectivity index (χ3n) is 5.86. The van der Waals surface area contributed by atoms with E-state index in [0.717, 1.165) is 39.1 Å². The van der Waals surface area contributed by atoms with Crippen LogP contribution in [0.1, 0.15) is 30.1 Å². The van der Waals surface area contributed by atoms with Gasteiger partial charge < -0.3 is 4.74 Å². The largest absolute Gasteiger partial charge is 0.451 e. The average Bonchev–Trinajstić information content (AvgIpc) is 2.51. The average molecular weight is 420 g/mol. The lowest BCUT2D eigenvalue weighted by Crippen LogP contribution is -2.74. The highest BCUT2D eigenvalue weighted by molar-refractivity contribution is 7.89. The lowest BCUT2D eigenvalue weighted by molar-refractivity contribution is -0.145. The van der Waals surface area contributed by atoms with Crippen LogP contribution in [0, 0.1) is 19.3 Å². The molecule has 4 heterocycles. The smallest absolute Gasteiger partial charge is 0.381 e. The van der Waals surface area contributed by atoms with Crippen molar-refractivity contribution in [2.45, 2.75) is 43.8 Å². The molecule has 0 N–H and O–H groups in total. The van der Waals surface area contributed by atoms with Crippen LogP contribution in [0.3, 0.4) is 0 Å². The van der Waals surface area contributed by atoms with E-state index < -0.39 is 22.0 Å². The van der Waals surface area contributed by atoms with Gasteiger partial charge in [0.25, 0.3) is 0 Å². The molecule has 1 spiro atoms. The number of ether oxygens (including phenoxy) is 1. The van der Waals surface area contributed by atoms with Gasteiger partial charge in [-0.15, -0.1) is 0 Å². The summed E-state index contributed by atoms with van der Waals surface area (Å²) >= 11 is 0. The second kappa shape index (κ2) is 6.61. The predicted octanol–water partition coefficient (Wildman–Crippen LogP) is 1.60. The zero-order valence-electron chi connectivity index (χ0n) is 15.8. The van der Waals surface area contributed by atoms with Crippen LogP contribution in [0.5, 0.6) is 0 Å². The van der Waals surface area contributed by atoms with E-state index in [1.807, 2.05) is 0 Å². The molecule has 11 heteroatoms. The van der Waals surface area contributed by atoms with E-state index in [9.17, 15) is 21.6 Å². The molecule has 3 saturated heterocycles. The Kier molecular flexibility index (Phi) is 4.72. The van der Waals surface area contributed by atoms with Crippen LogP contribution in [0.4, 0.5) is 13.2 Å². The van der Waals surface area contributed by atoms with Gasteiger partial charge >= 0.3 is 6.18 Å². The number of sulfonamides is 1. The van der Waals surface area contributed by atoms with Crippen molar-refractivity contribution < 1.29 is 26.3 Å². The fraction of sp³-hybridized carbons (Fsp3) is 0.765. The molecule has 28 heavy (non-hydrogen) atoms. The summed E-state index contributed by atoms with van der Waals surface area (Å²) in [6.07, 6.45) is -2.71. The van der Waals surface area contributed by atoms with Crippen LogP contribution in [-0.2, 0) is 20.9 Å². The number of likely N-dealkylation sites (tertiary alicyclic amines) is 1. The van der Waals surface area contributed by atoms with E-state index in [2.05, 4.69) is 14.9 Å². The summed E-state index contributed by atoms with van der Waals surface area (Å²) in [7, 11) is -3.91. The second-order valence-electron chi connectivity index (χ2n) is 8.07. The minimum Gasteiger partial charge on any atom is -0.381 e. The van der Waals surface area contributed by atoms with Crippen LogP contribution in [0.15, 0.2) is 4.90 Å². The number of aryl methyl sites for hydroxylation is 2. The molecule has 0 radical (unpaired) electrons. The van der Waals surface area contributed by atoms with E-state index in [1.165, 1.54) is 18.2 Å². The first kappa shape index (κ1) is 20.0. The Morgan fingerprint density at radius 2 is 1.57 bits per heavy atom. The summed E-state index contributed by atoms with van der Waals surface area (Å²) < 4.78 is 71.2. The van der Waals surface area contributed by atoms with Gasteiger partial charge in [-0.05, 0) is 26.7 Å². The first-order chi connectivity index (χ1) is 13.0. The lowest BCUT2D eigenvalue weighted by atomic mass is 9.73. The van der Waals surface area contributed by atoms with Gasteiger partial charge in [-0.2, -0.15) is 17.5 Å². The minimum atomic E-state index is -4.71. The summed E-state index contributed by atoms with van der Waals surface area (Å²) in [5.74, 6) is -1.31. The standard InChI is InChI=1S/C17H23F3N4O3S/c1-11-14(12(2)22-15(21-11)17(18,19)20)28(25,26)24-9-16(10-24)7-23(8-16)13-3-5-27-6-4-13/h13H,3-10H2,1-2H3. The zero-order chi connectivity index (χ0) is 20.3. The van der Waals surface area contributed by atoms with E-state index in [1.54, 1.807) is 0 Å². The van der Waals surface area contributed by atoms with E-state index in [0.29, 0.717) is 19.1 Å². The number of halogens is 3. The Labute approximate surface area is 161 Å². The van der Waals surface area contributed by atoms with Crippen molar-refractivity contribution in [3.05, 3.63) is 17.2 Å². The molecular formula is C17H23F3N4O3S. The van der Waals surface area contributed by atoms with Crippen molar-refractivity contribution in [1.82, 2.24) is 19.2 Å². The van der Waals surface area contributed by atoms with Crippen LogP contribution in [-0.4, -0.2) is 73.0 Å². The molecule has 3 aliphatic rings. The zero-order valence-corrected chi connectivity index (χ0v) is 16.6. The molecule has 0 saturated carbocycles. The molecule has 0 aromatic carbocycles. The third kappa shape index (κ3) is 3.31. The van der Waals surface area contributed by atoms with Crippen molar-refractivity contribution in [3.8, 4) is 0 Å². The summed E-state index contributed by atoms with van der Waals surface area (Å²) in [5.41, 5.74) is -0.378. The van der Waals surface area contributed by atoms with Crippen molar-refractivity contribution in [2.75, 3.05) is 39.4 Å². The van der Waals surface area contributed by atoms with Crippen LogP contribution < -0.4 is 0 Å². The second-order valence-corrected chi connectivity index (χ2v) is 9.94. The molecule has 0 aliphatic carbocycles. The molecule has 3 aliphatic heterocycles. The highest BCUT2D eigenvalue weighted by Crippen LogP contribution is 2.44. The Bertz CT molecular complexity index is 847. The quantitative estimate of drug-likeness (QED) is 0.740. The molecule has 0 amide bonds. The highest BCUT2D eigenvalue weighted by atomic mass is 32.2. The Morgan fingerprint density at radius 1 is 1.04 bits per heavy atom. The Balaban J connectivity index is 1.45. The monoisotopic (exact) mass is 420 g/mol. The molecule has 0 unspecified atom stereocenters. The summed E-state index contributed by atoms with van der Waals surface area (Å²) in [6, 6.07) is 0.498. The van der Waals surface area contributed by atoms with Crippen LogP contribution in [0.25, 0.3) is 0 Å². The van der Waals surface area contributed by atoms with Gasteiger partial charge in [-0.1, -0.05) is 0 Å².